The number of hydrogen-bond donors (Lipinski definition) is 0. The molecule has 0 bridgehead atoms. The van der Waals surface area contributed by atoms with Gasteiger partial charge in [0.25, 0.3) is 5.91 Å². The highest BCUT2D eigenvalue weighted by atomic mass is 35.5. The fourth-order valence-electron chi connectivity index (χ4n) is 2.20. The fourth-order valence-corrected chi connectivity index (χ4v) is 2.42. The van der Waals surface area contributed by atoms with Gasteiger partial charge in [-0.05, 0) is 6.92 Å². The molecule has 0 N–H and O–H groups in total. The van der Waals surface area contributed by atoms with E-state index in [4.69, 9.17) is 11.6 Å². The summed E-state index contributed by atoms with van der Waals surface area (Å²) in [4.78, 5) is 24.4. The lowest BCUT2D eigenvalue weighted by Crippen LogP contribution is -2.29. The van der Waals surface area contributed by atoms with E-state index in [1.165, 1.54) is 36.8 Å². The van der Waals surface area contributed by atoms with Crippen LogP contribution in [0.2, 0.25) is 5.02 Å². The minimum Gasteiger partial charge on any atom is -0.334 e. The van der Waals surface area contributed by atoms with Crippen molar-refractivity contribution in [2.75, 3.05) is 7.05 Å². The van der Waals surface area contributed by atoms with E-state index in [2.05, 4.69) is 10.2 Å². The fraction of sp³-hybridized carbons (Fsp3) is 0.417. The van der Waals surface area contributed by atoms with Crippen molar-refractivity contribution in [1.82, 2.24) is 24.5 Å². The summed E-state index contributed by atoms with van der Waals surface area (Å²) in [5.74, 6) is -0.507. The summed E-state index contributed by atoms with van der Waals surface area (Å²) in [6.45, 7) is 1.67. The summed E-state index contributed by atoms with van der Waals surface area (Å²) in [6.07, 6.45) is 1.48. The Bertz CT molecular complexity index is 731. The van der Waals surface area contributed by atoms with Crippen molar-refractivity contribution in [3.8, 4) is 0 Å². The predicted octanol–water partition coefficient (Wildman–Crippen LogP) is 1.30. The normalized spacial score (nSPS) is 10.8. The highest BCUT2D eigenvalue weighted by molar-refractivity contribution is 6.31. The maximum absolute atomic E-state index is 12.5. The summed E-state index contributed by atoms with van der Waals surface area (Å²) in [5, 5.41) is 19.5. The number of aryl methyl sites for hydroxylation is 3. The third-order valence-corrected chi connectivity index (χ3v) is 3.64. The van der Waals surface area contributed by atoms with Gasteiger partial charge in [-0.2, -0.15) is 10.2 Å². The Hall–Kier alpha value is -2.42. The van der Waals surface area contributed by atoms with Crippen LogP contribution in [-0.4, -0.2) is 42.3 Å². The van der Waals surface area contributed by atoms with Gasteiger partial charge in [0.05, 0.1) is 28.4 Å². The van der Waals surface area contributed by atoms with Gasteiger partial charge in [0.2, 0.25) is 5.69 Å². The second-order valence-electron chi connectivity index (χ2n) is 4.89. The Morgan fingerprint density at radius 2 is 2.09 bits per heavy atom. The highest BCUT2D eigenvalue weighted by Gasteiger charge is 2.31. The van der Waals surface area contributed by atoms with Gasteiger partial charge < -0.3 is 4.90 Å². The molecule has 0 atom stereocenters. The third-order valence-electron chi connectivity index (χ3n) is 3.32. The van der Waals surface area contributed by atoms with E-state index in [0.29, 0.717) is 10.7 Å². The molecule has 2 rings (SSSR count). The quantitative estimate of drug-likeness (QED) is 0.622. The lowest BCUT2D eigenvalue weighted by molar-refractivity contribution is -0.385. The molecule has 1 amide bonds. The summed E-state index contributed by atoms with van der Waals surface area (Å²) in [7, 11) is 4.74. The van der Waals surface area contributed by atoms with Gasteiger partial charge in [0.15, 0.2) is 0 Å². The minimum atomic E-state index is -0.597. The van der Waals surface area contributed by atoms with Gasteiger partial charge in [-0.25, -0.2) is 0 Å². The first kappa shape index (κ1) is 16.0. The third kappa shape index (κ3) is 2.67. The zero-order valence-corrected chi connectivity index (χ0v) is 13.3. The molecule has 0 saturated carbocycles. The zero-order chi connectivity index (χ0) is 16.6. The SMILES string of the molecule is Cc1nn(C)c(C(=O)N(C)Cc2c(Cl)cnn2C)c1[N+](=O)[O-]. The van der Waals surface area contributed by atoms with E-state index >= 15 is 0 Å². The Kier molecular flexibility index (Phi) is 4.18. The molecule has 0 spiro atoms. The van der Waals surface area contributed by atoms with E-state index in [1.54, 1.807) is 11.7 Å². The molecule has 0 aliphatic carbocycles. The molecule has 22 heavy (non-hydrogen) atoms. The standard InChI is InChI=1S/C12H15ClN6O3/c1-7-10(19(21)22)11(18(4)15-7)12(20)16(2)6-9-8(13)5-14-17(9)3/h5H,6H2,1-4H3. The van der Waals surface area contributed by atoms with Crippen LogP contribution in [0.1, 0.15) is 21.9 Å². The van der Waals surface area contributed by atoms with E-state index < -0.39 is 10.8 Å². The number of carbonyl (C=O) groups excluding carboxylic acids is 1. The molecule has 0 aromatic carbocycles. The topological polar surface area (TPSA) is 99.1 Å². The number of amides is 1. The Labute approximate surface area is 131 Å². The summed E-state index contributed by atoms with van der Waals surface area (Å²) in [5.41, 5.74) is 0.487. The second kappa shape index (κ2) is 5.76. The van der Waals surface area contributed by atoms with Crippen molar-refractivity contribution in [3.63, 3.8) is 0 Å². The first-order valence-corrected chi connectivity index (χ1v) is 6.71. The minimum absolute atomic E-state index is 0.0664. The van der Waals surface area contributed by atoms with Gasteiger partial charge in [-0.1, -0.05) is 11.6 Å². The molecule has 0 unspecified atom stereocenters. The van der Waals surface area contributed by atoms with Crippen molar-refractivity contribution < 1.29 is 9.72 Å². The molecule has 0 fully saturated rings. The number of nitrogens with zero attached hydrogens (tertiary/aromatic N) is 6. The maximum Gasteiger partial charge on any atom is 0.322 e. The second-order valence-corrected chi connectivity index (χ2v) is 5.29. The number of aromatic nitrogens is 4. The Morgan fingerprint density at radius 1 is 1.45 bits per heavy atom. The molecular formula is C12H15ClN6O3. The molecule has 9 nitrogen and oxygen atoms in total. The smallest absolute Gasteiger partial charge is 0.322 e. The number of halogens is 1. The van der Waals surface area contributed by atoms with Crippen LogP contribution in [-0.2, 0) is 20.6 Å². The Balaban J connectivity index is 2.34. The largest absolute Gasteiger partial charge is 0.334 e. The van der Waals surface area contributed by atoms with Crippen molar-refractivity contribution in [3.05, 3.63) is 38.4 Å². The van der Waals surface area contributed by atoms with Gasteiger partial charge in [0.1, 0.15) is 5.69 Å². The van der Waals surface area contributed by atoms with E-state index in [9.17, 15) is 14.9 Å². The average Bonchev–Trinajstić information content (AvgIpc) is 2.90. The highest BCUT2D eigenvalue weighted by Crippen LogP contribution is 2.24. The summed E-state index contributed by atoms with van der Waals surface area (Å²) in [6, 6.07) is 0. The maximum atomic E-state index is 12.5. The molecule has 0 aliphatic heterocycles. The lowest BCUT2D eigenvalue weighted by atomic mass is 10.2. The summed E-state index contributed by atoms with van der Waals surface area (Å²) >= 11 is 6.01. The van der Waals surface area contributed by atoms with Crippen molar-refractivity contribution in [2.45, 2.75) is 13.5 Å². The summed E-state index contributed by atoms with van der Waals surface area (Å²) < 4.78 is 2.77. The van der Waals surface area contributed by atoms with Crippen LogP contribution in [0.25, 0.3) is 0 Å². The van der Waals surface area contributed by atoms with Gasteiger partial charge >= 0.3 is 5.69 Å². The molecule has 2 aromatic heterocycles. The molecule has 0 aliphatic rings. The van der Waals surface area contributed by atoms with Gasteiger partial charge in [0, 0.05) is 21.1 Å². The van der Waals surface area contributed by atoms with Crippen LogP contribution in [0.3, 0.4) is 0 Å². The molecular weight excluding hydrogens is 312 g/mol. The number of nitro groups is 1. The molecule has 10 heteroatoms. The molecule has 2 heterocycles. The van der Waals surface area contributed by atoms with E-state index in [-0.39, 0.29) is 23.6 Å². The lowest BCUT2D eigenvalue weighted by Gasteiger charge is -2.17. The molecule has 0 saturated heterocycles. The van der Waals surface area contributed by atoms with E-state index in [0.717, 1.165) is 0 Å². The van der Waals surface area contributed by atoms with Crippen LogP contribution in [0.4, 0.5) is 5.69 Å². The van der Waals surface area contributed by atoms with Crippen LogP contribution < -0.4 is 0 Å². The average molecular weight is 327 g/mol. The monoisotopic (exact) mass is 326 g/mol. The first-order chi connectivity index (χ1) is 10.2. The molecule has 0 radical (unpaired) electrons. The molecule has 2 aromatic rings. The number of hydrogen-bond acceptors (Lipinski definition) is 5. The van der Waals surface area contributed by atoms with Crippen LogP contribution >= 0.6 is 11.6 Å². The Morgan fingerprint density at radius 3 is 2.59 bits per heavy atom. The first-order valence-electron chi connectivity index (χ1n) is 6.33. The molecule has 118 valence electrons. The van der Waals surface area contributed by atoms with Gasteiger partial charge in [-0.3, -0.25) is 24.3 Å². The van der Waals surface area contributed by atoms with Gasteiger partial charge in [-0.15, -0.1) is 0 Å². The zero-order valence-electron chi connectivity index (χ0n) is 12.6. The van der Waals surface area contributed by atoms with Crippen LogP contribution in [0, 0.1) is 17.0 Å². The van der Waals surface area contributed by atoms with Crippen molar-refractivity contribution in [2.24, 2.45) is 14.1 Å². The van der Waals surface area contributed by atoms with Crippen LogP contribution in [0.5, 0.6) is 0 Å². The number of rotatable bonds is 4. The number of carbonyl (C=O) groups is 1. The van der Waals surface area contributed by atoms with Crippen molar-refractivity contribution >= 4 is 23.2 Å². The van der Waals surface area contributed by atoms with Crippen molar-refractivity contribution in [1.29, 1.82) is 0 Å². The van der Waals surface area contributed by atoms with E-state index in [1.807, 2.05) is 0 Å². The van der Waals surface area contributed by atoms with Crippen LogP contribution in [0.15, 0.2) is 6.20 Å². The predicted molar refractivity (Wildman–Crippen MR) is 78.6 cm³/mol.